The van der Waals surface area contributed by atoms with Crippen LogP contribution in [0, 0.1) is 0 Å². The summed E-state index contributed by atoms with van der Waals surface area (Å²) in [6.07, 6.45) is 2.37. The molecule has 0 spiro atoms. The Kier molecular flexibility index (Phi) is 2.37. The Hall–Kier alpha value is -1.81. The molecule has 0 aliphatic carbocycles. The number of hydrogen-bond acceptors (Lipinski definition) is 3. The first kappa shape index (κ1) is 10.4. The van der Waals surface area contributed by atoms with Gasteiger partial charge in [0, 0.05) is 17.1 Å². The van der Waals surface area contributed by atoms with Crippen LogP contribution in [0.2, 0.25) is 0 Å². The molecule has 1 aliphatic heterocycles. The third-order valence-corrected chi connectivity index (χ3v) is 2.99. The molecule has 1 atom stereocenters. The second-order valence-electron chi connectivity index (χ2n) is 4.19. The molecular weight excluding hydrogens is 218 g/mol. The van der Waals surface area contributed by atoms with E-state index in [9.17, 15) is 4.79 Å². The zero-order valence-corrected chi connectivity index (χ0v) is 9.55. The third-order valence-electron chi connectivity index (χ3n) is 2.99. The lowest BCUT2D eigenvalue weighted by molar-refractivity contribution is 0.0601. The average molecular weight is 231 g/mol. The number of fused-ring (bicyclic) bond motifs is 1. The highest BCUT2D eigenvalue weighted by atomic mass is 16.6. The number of epoxide rings is 1. The van der Waals surface area contributed by atoms with Crippen molar-refractivity contribution in [3.8, 4) is 0 Å². The Labute approximate surface area is 98.7 Å². The molecule has 4 nitrogen and oxygen atoms in total. The van der Waals surface area contributed by atoms with Crippen LogP contribution < -0.4 is 0 Å². The molecule has 88 valence electrons. The standard InChI is InChI=1S/C13H13NO3/c1-16-13(15)10-2-3-12-9(6-10)4-5-14(12)7-11-8-17-11/h2-6,11H,7-8H2,1H3. The quantitative estimate of drug-likeness (QED) is 0.598. The largest absolute Gasteiger partial charge is 0.465 e. The lowest BCUT2D eigenvalue weighted by Crippen LogP contribution is -2.03. The van der Waals surface area contributed by atoms with E-state index in [4.69, 9.17) is 9.47 Å². The Morgan fingerprint density at radius 1 is 1.53 bits per heavy atom. The molecule has 0 bridgehead atoms. The van der Waals surface area contributed by atoms with E-state index < -0.39 is 0 Å². The molecule has 4 heteroatoms. The summed E-state index contributed by atoms with van der Waals surface area (Å²) < 4.78 is 12.1. The van der Waals surface area contributed by atoms with Crippen LogP contribution in [0.1, 0.15) is 10.4 Å². The predicted octanol–water partition coefficient (Wildman–Crippen LogP) is 1.83. The van der Waals surface area contributed by atoms with E-state index in [0.717, 1.165) is 24.1 Å². The average Bonchev–Trinajstić information content (AvgIpc) is 3.09. The van der Waals surface area contributed by atoms with E-state index in [2.05, 4.69) is 4.57 Å². The molecule has 2 aromatic rings. The van der Waals surface area contributed by atoms with Crippen molar-refractivity contribution in [2.24, 2.45) is 0 Å². The van der Waals surface area contributed by atoms with Crippen LogP contribution >= 0.6 is 0 Å². The van der Waals surface area contributed by atoms with Crippen molar-refractivity contribution in [1.29, 1.82) is 0 Å². The van der Waals surface area contributed by atoms with E-state index in [1.54, 1.807) is 6.07 Å². The second kappa shape index (κ2) is 3.89. The van der Waals surface area contributed by atoms with Crippen molar-refractivity contribution in [3.05, 3.63) is 36.0 Å². The number of hydrogen-bond donors (Lipinski definition) is 0. The molecule has 2 heterocycles. The fourth-order valence-electron chi connectivity index (χ4n) is 2.00. The minimum atomic E-state index is -0.301. The fraction of sp³-hybridized carbons (Fsp3) is 0.308. The van der Waals surface area contributed by atoms with Crippen LogP contribution in [0.15, 0.2) is 30.5 Å². The van der Waals surface area contributed by atoms with Gasteiger partial charge < -0.3 is 14.0 Å². The van der Waals surface area contributed by atoms with E-state index in [1.165, 1.54) is 7.11 Å². The van der Waals surface area contributed by atoms with Gasteiger partial charge in [0.1, 0.15) is 0 Å². The Balaban J connectivity index is 1.97. The molecule has 1 saturated heterocycles. The van der Waals surface area contributed by atoms with Crippen LogP contribution in [-0.4, -0.2) is 30.4 Å². The Morgan fingerprint density at radius 3 is 3.06 bits per heavy atom. The number of aromatic nitrogens is 1. The van der Waals surface area contributed by atoms with Gasteiger partial charge in [0.25, 0.3) is 0 Å². The number of carbonyl (C=O) groups excluding carboxylic acids is 1. The van der Waals surface area contributed by atoms with Gasteiger partial charge in [0.05, 0.1) is 31.9 Å². The molecule has 3 rings (SSSR count). The number of rotatable bonds is 3. The zero-order chi connectivity index (χ0) is 11.8. The number of carbonyl (C=O) groups is 1. The van der Waals surface area contributed by atoms with Gasteiger partial charge in [-0.1, -0.05) is 0 Å². The molecule has 17 heavy (non-hydrogen) atoms. The minimum absolute atomic E-state index is 0.301. The van der Waals surface area contributed by atoms with Crippen LogP contribution in [0.4, 0.5) is 0 Å². The normalized spacial score (nSPS) is 18.3. The third kappa shape index (κ3) is 1.91. The Bertz CT molecular complexity index is 569. The van der Waals surface area contributed by atoms with Crippen LogP contribution in [-0.2, 0) is 16.0 Å². The number of nitrogens with zero attached hydrogens (tertiary/aromatic N) is 1. The van der Waals surface area contributed by atoms with Crippen molar-refractivity contribution in [2.45, 2.75) is 12.6 Å². The molecular formula is C13H13NO3. The summed E-state index contributed by atoms with van der Waals surface area (Å²) in [5.41, 5.74) is 1.70. The highest BCUT2D eigenvalue weighted by Crippen LogP contribution is 2.21. The van der Waals surface area contributed by atoms with Crippen LogP contribution in [0.25, 0.3) is 10.9 Å². The first-order valence-corrected chi connectivity index (χ1v) is 5.57. The number of esters is 1. The maximum absolute atomic E-state index is 11.4. The second-order valence-corrected chi connectivity index (χ2v) is 4.19. The van der Waals surface area contributed by atoms with Crippen molar-refractivity contribution < 1.29 is 14.3 Å². The van der Waals surface area contributed by atoms with Gasteiger partial charge in [-0.15, -0.1) is 0 Å². The summed E-state index contributed by atoms with van der Waals surface area (Å²) in [7, 11) is 1.39. The van der Waals surface area contributed by atoms with E-state index in [1.807, 2.05) is 24.4 Å². The summed E-state index contributed by atoms with van der Waals surface area (Å²) in [5.74, 6) is -0.301. The summed E-state index contributed by atoms with van der Waals surface area (Å²) >= 11 is 0. The van der Waals surface area contributed by atoms with Crippen molar-refractivity contribution in [1.82, 2.24) is 4.57 Å². The topological polar surface area (TPSA) is 43.8 Å². The molecule has 0 N–H and O–H groups in total. The van der Waals surface area contributed by atoms with Gasteiger partial charge in [-0.25, -0.2) is 4.79 Å². The number of ether oxygens (including phenoxy) is 2. The van der Waals surface area contributed by atoms with Crippen molar-refractivity contribution in [3.63, 3.8) is 0 Å². The molecule has 0 radical (unpaired) electrons. The smallest absolute Gasteiger partial charge is 0.337 e. The lowest BCUT2D eigenvalue weighted by Gasteiger charge is -2.03. The van der Waals surface area contributed by atoms with E-state index in [-0.39, 0.29) is 5.97 Å². The van der Waals surface area contributed by atoms with Gasteiger partial charge in [-0.3, -0.25) is 0 Å². The van der Waals surface area contributed by atoms with Gasteiger partial charge in [-0.05, 0) is 24.3 Å². The lowest BCUT2D eigenvalue weighted by atomic mass is 10.1. The van der Waals surface area contributed by atoms with Gasteiger partial charge >= 0.3 is 5.97 Å². The highest BCUT2D eigenvalue weighted by molar-refractivity contribution is 5.94. The van der Waals surface area contributed by atoms with Gasteiger partial charge in [-0.2, -0.15) is 0 Å². The summed E-state index contributed by atoms with van der Waals surface area (Å²) in [4.78, 5) is 11.4. The van der Waals surface area contributed by atoms with Gasteiger partial charge in [0.15, 0.2) is 0 Å². The highest BCUT2D eigenvalue weighted by Gasteiger charge is 2.23. The predicted molar refractivity (Wildman–Crippen MR) is 63.0 cm³/mol. The maximum Gasteiger partial charge on any atom is 0.337 e. The summed E-state index contributed by atoms with van der Waals surface area (Å²) in [5, 5.41) is 1.05. The van der Waals surface area contributed by atoms with E-state index >= 15 is 0 Å². The molecule has 0 saturated carbocycles. The molecule has 1 fully saturated rings. The minimum Gasteiger partial charge on any atom is -0.465 e. The fourth-order valence-corrected chi connectivity index (χ4v) is 2.00. The molecule has 0 amide bonds. The van der Waals surface area contributed by atoms with Crippen LogP contribution in [0.5, 0.6) is 0 Å². The number of methoxy groups -OCH3 is 1. The molecule has 1 aromatic carbocycles. The van der Waals surface area contributed by atoms with Crippen LogP contribution in [0.3, 0.4) is 0 Å². The van der Waals surface area contributed by atoms with Crippen molar-refractivity contribution in [2.75, 3.05) is 13.7 Å². The van der Waals surface area contributed by atoms with Gasteiger partial charge in [0.2, 0.25) is 0 Å². The zero-order valence-electron chi connectivity index (χ0n) is 9.55. The Morgan fingerprint density at radius 2 is 2.35 bits per heavy atom. The maximum atomic E-state index is 11.4. The SMILES string of the molecule is COC(=O)c1ccc2c(ccn2CC2CO2)c1. The van der Waals surface area contributed by atoms with E-state index in [0.29, 0.717) is 11.7 Å². The monoisotopic (exact) mass is 231 g/mol. The van der Waals surface area contributed by atoms with Crippen molar-refractivity contribution >= 4 is 16.9 Å². The summed E-state index contributed by atoms with van der Waals surface area (Å²) in [6, 6.07) is 7.60. The first-order chi connectivity index (χ1) is 8.28. The summed E-state index contributed by atoms with van der Waals surface area (Å²) in [6.45, 7) is 1.72. The molecule has 1 unspecified atom stereocenters. The molecule has 1 aromatic heterocycles. The number of benzene rings is 1. The molecule has 1 aliphatic rings. The first-order valence-electron chi connectivity index (χ1n) is 5.57.